The van der Waals surface area contributed by atoms with Crippen LogP contribution in [0.4, 0.5) is 0 Å². The lowest BCUT2D eigenvalue weighted by atomic mass is 10.1. The molecule has 0 spiro atoms. The van der Waals surface area contributed by atoms with Gasteiger partial charge in [-0.15, -0.1) is 0 Å². The number of carboxylic acids is 1. The first-order valence-corrected chi connectivity index (χ1v) is 6.17. The van der Waals surface area contributed by atoms with E-state index in [9.17, 15) is 14.4 Å². The molecule has 1 atom stereocenters. The number of amides is 2. The van der Waals surface area contributed by atoms with E-state index < -0.39 is 12.0 Å². The van der Waals surface area contributed by atoms with Gasteiger partial charge in [-0.2, -0.15) is 0 Å². The Balaban J connectivity index is 0.000000400. The molecule has 1 rings (SSSR count). The van der Waals surface area contributed by atoms with Crippen LogP contribution in [0.5, 0.6) is 0 Å². The molecule has 1 aromatic carbocycles. The van der Waals surface area contributed by atoms with E-state index in [-0.39, 0.29) is 11.8 Å². The Morgan fingerprint density at radius 2 is 1.90 bits per heavy atom. The Labute approximate surface area is 123 Å². The monoisotopic (exact) mass is 296 g/mol. The number of rotatable bonds is 4. The van der Waals surface area contributed by atoms with E-state index in [0.717, 1.165) is 5.56 Å². The van der Waals surface area contributed by atoms with E-state index in [4.69, 9.17) is 5.11 Å². The summed E-state index contributed by atoms with van der Waals surface area (Å²) in [7, 11) is 1.41. The summed E-state index contributed by atoms with van der Waals surface area (Å²) in [6, 6.07) is 6.52. The fourth-order valence-electron chi connectivity index (χ4n) is 1.30. The van der Waals surface area contributed by atoms with Crippen LogP contribution in [0.2, 0.25) is 0 Å². The smallest absolute Gasteiger partial charge is 0.325 e. The van der Waals surface area contributed by atoms with E-state index in [1.807, 2.05) is 19.1 Å². The maximum absolute atomic E-state index is 11.2. The van der Waals surface area contributed by atoms with Crippen molar-refractivity contribution in [1.82, 2.24) is 10.8 Å². The van der Waals surface area contributed by atoms with Crippen molar-refractivity contribution in [2.24, 2.45) is 0 Å². The molecule has 0 bridgehead atoms. The normalized spacial score (nSPS) is 10.7. The first kappa shape index (κ1) is 18.6. The molecule has 0 unspecified atom stereocenters. The average molecular weight is 296 g/mol. The predicted octanol–water partition coefficient (Wildman–Crippen LogP) is 0.882. The van der Waals surface area contributed by atoms with E-state index in [2.05, 4.69) is 15.6 Å². The van der Waals surface area contributed by atoms with E-state index >= 15 is 0 Å². The minimum absolute atomic E-state index is 0.221. The Morgan fingerprint density at radius 1 is 1.29 bits per heavy atom. The maximum atomic E-state index is 11.2. The van der Waals surface area contributed by atoms with Crippen molar-refractivity contribution in [3.05, 3.63) is 35.4 Å². The number of benzene rings is 1. The van der Waals surface area contributed by atoms with Crippen molar-refractivity contribution in [1.29, 1.82) is 0 Å². The summed E-state index contributed by atoms with van der Waals surface area (Å²) in [5, 5.41) is 10.4. The number of aliphatic carboxylic acids is 1. The number of carbonyl (C=O) groups is 3. The zero-order valence-electron chi connectivity index (χ0n) is 12.5. The number of hydrogen-bond donors (Lipinski definition) is 3. The molecule has 0 aliphatic rings. The van der Waals surface area contributed by atoms with E-state index in [1.165, 1.54) is 21.0 Å². The Morgan fingerprint density at radius 3 is 2.29 bits per heavy atom. The van der Waals surface area contributed by atoms with Crippen molar-refractivity contribution in [3.8, 4) is 0 Å². The van der Waals surface area contributed by atoms with E-state index in [0.29, 0.717) is 5.56 Å². The third-order valence-electron chi connectivity index (χ3n) is 2.27. The fourth-order valence-corrected chi connectivity index (χ4v) is 1.30. The van der Waals surface area contributed by atoms with Crippen LogP contribution in [0.3, 0.4) is 0 Å². The third-order valence-corrected chi connectivity index (χ3v) is 2.27. The van der Waals surface area contributed by atoms with Gasteiger partial charge >= 0.3 is 5.97 Å². The number of aryl methyl sites for hydroxylation is 1. The van der Waals surface area contributed by atoms with Crippen molar-refractivity contribution < 1.29 is 24.3 Å². The summed E-state index contributed by atoms with van der Waals surface area (Å²) in [5.41, 5.74) is 3.91. The standard InChI is InChI=1S/C9H11NO2.C5H9NO3/c1-7-4-3-5-8(6-7)9(11)10-12-2;1-3(5(8)9)6-4(2)7/h3-6H,1-2H3,(H,10,11);3H,1-2H3,(H,6,7)(H,8,9)/t;3-/m.0/s1. The van der Waals surface area contributed by atoms with Gasteiger partial charge in [0.2, 0.25) is 5.91 Å². The predicted molar refractivity (Wildman–Crippen MR) is 76.6 cm³/mol. The minimum Gasteiger partial charge on any atom is -0.480 e. The third kappa shape index (κ3) is 8.38. The second-order valence-corrected chi connectivity index (χ2v) is 4.27. The summed E-state index contributed by atoms with van der Waals surface area (Å²) in [6.07, 6.45) is 0. The van der Waals surface area contributed by atoms with Crippen molar-refractivity contribution in [2.45, 2.75) is 26.8 Å². The number of nitrogens with one attached hydrogen (secondary N) is 2. The van der Waals surface area contributed by atoms with Gasteiger partial charge in [0.05, 0.1) is 7.11 Å². The summed E-state index contributed by atoms with van der Waals surface area (Å²) in [6.45, 7) is 4.62. The van der Waals surface area contributed by atoms with Gasteiger partial charge in [-0.25, -0.2) is 5.48 Å². The van der Waals surface area contributed by atoms with Crippen LogP contribution in [0.15, 0.2) is 24.3 Å². The Hall–Kier alpha value is -2.41. The van der Waals surface area contributed by atoms with E-state index in [1.54, 1.807) is 12.1 Å². The Bertz CT molecular complexity index is 502. The van der Waals surface area contributed by atoms with Gasteiger partial charge in [-0.3, -0.25) is 19.2 Å². The van der Waals surface area contributed by atoms with Crippen LogP contribution in [0.25, 0.3) is 0 Å². The van der Waals surface area contributed by atoms with Gasteiger partial charge in [0.15, 0.2) is 0 Å². The molecule has 21 heavy (non-hydrogen) atoms. The first-order chi connectivity index (χ1) is 9.77. The average Bonchev–Trinajstić information content (AvgIpc) is 2.39. The molecule has 0 aliphatic carbocycles. The zero-order valence-corrected chi connectivity index (χ0v) is 12.5. The molecule has 1 aromatic rings. The second-order valence-electron chi connectivity index (χ2n) is 4.27. The lowest BCUT2D eigenvalue weighted by Crippen LogP contribution is -2.36. The number of hydroxylamine groups is 1. The lowest BCUT2D eigenvalue weighted by Gasteiger charge is -2.04. The molecule has 7 heteroatoms. The van der Waals surface area contributed by atoms with Gasteiger partial charge < -0.3 is 10.4 Å². The van der Waals surface area contributed by atoms with Crippen LogP contribution >= 0.6 is 0 Å². The van der Waals surface area contributed by atoms with Gasteiger partial charge in [0, 0.05) is 12.5 Å². The van der Waals surface area contributed by atoms with Crippen molar-refractivity contribution in [2.75, 3.05) is 7.11 Å². The van der Waals surface area contributed by atoms with Crippen LogP contribution in [-0.4, -0.2) is 36.0 Å². The molecule has 0 saturated heterocycles. The van der Waals surface area contributed by atoms with Crippen LogP contribution < -0.4 is 10.8 Å². The second kappa shape index (κ2) is 9.49. The summed E-state index contributed by atoms with van der Waals surface area (Å²) >= 11 is 0. The molecule has 3 N–H and O–H groups in total. The highest BCUT2D eigenvalue weighted by molar-refractivity contribution is 5.93. The fraction of sp³-hybridized carbons (Fsp3) is 0.357. The highest BCUT2D eigenvalue weighted by Crippen LogP contribution is 2.02. The number of hydrogen-bond acceptors (Lipinski definition) is 4. The molecule has 0 radical (unpaired) electrons. The van der Waals surface area contributed by atoms with Crippen LogP contribution in [-0.2, 0) is 14.4 Å². The number of carboxylic acid groups (broad SMARTS) is 1. The zero-order chi connectivity index (χ0) is 16.4. The summed E-state index contributed by atoms with van der Waals surface area (Å²) in [4.78, 5) is 35.9. The van der Waals surface area contributed by atoms with Crippen molar-refractivity contribution >= 4 is 17.8 Å². The molecule has 0 aliphatic heterocycles. The molecular weight excluding hydrogens is 276 g/mol. The molecule has 0 aromatic heterocycles. The van der Waals surface area contributed by atoms with Gasteiger partial charge in [-0.1, -0.05) is 17.7 Å². The minimum atomic E-state index is -1.02. The van der Waals surface area contributed by atoms with Gasteiger partial charge in [-0.05, 0) is 26.0 Å². The molecule has 2 amide bonds. The quantitative estimate of drug-likeness (QED) is 0.715. The molecule has 0 fully saturated rings. The largest absolute Gasteiger partial charge is 0.480 e. The highest BCUT2D eigenvalue weighted by atomic mass is 16.6. The first-order valence-electron chi connectivity index (χ1n) is 6.17. The number of carbonyl (C=O) groups excluding carboxylic acids is 2. The molecule has 116 valence electrons. The SMILES string of the molecule is CC(=O)N[C@@H](C)C(=O)O.CONC(=O)c1cccc(C)c1. The summed E-state index contributed by atoms with van der Waals surface area (Å²) < 4.78 is 0. The highest BCUT2D eigenvalue weighted by Gasteiger charge is 2.09. The van der Waals surface area contributed by atoms with Gasteiger partial charge in [0.25, 0.3) is 5.91 Å². The topological polar surface area (TPSA) is 105 Å². The summed E-state index contributed by atoms with van der Waals surface area (Å²) in [5.74, 6) is -1.57. The Kier molecular flexibility index (Phi) is 8.40. The van der Waals surface area contributed by atoms with Crippen LogP contribution in [0.1, 0.15) is 29.8 Å². The molecule has 0 saturated carbocycles. The van der Waals surface area contributed by atoms with Crippen molar-refractivity contribution in [3.63, 3.8) is 0 Å². The maximum Gasteiger partial charge on any atom is 0.325 e. The lowest BCUT2D eigenvalue weighted by molar-refractivity contribution is -0.140. The van der Waals surface area contributed by atoms with Crippen LogP contribution in [0, 0.1) is 6.92 Å². The molecular formula is C14H20N2O5. The van der Waals surface area contributed by atoms with Gasteiger partial charge in [0.1, 0.15) is 6.04 Å². The molecule has 0 heterocycles. The molecule has 7 nitrogen and oxygen atoms in total.